The average Bonchev–Trinajstić information content (AvgIpc) is 3.79. The van der Waals surface area contributed by atoms with Crippen molar-refractivity contribution in [3.05, 3.63) is 41.2 Å². The molecule has 2 aromatic heterocycles. The molecule has 0 unspecified atom stereocenters. The number of anilines is 1. The topological polar surface area (TPSA) is 129 Å². The highest BCUT2D eigenvalue weighted by Crippen LogP contribution is 2.40. The summed E-state index contributed by atoms with van der Waals surface area (Å²) in [4.78, 5) is 20.8. The van der Waals surface area contributed by atoms with Crippen LogP contribution in [0.3, 0.4) is 0 Å². The van der Waals surface area contributed by atoms with E-state index < -0.39 is 17.0 Å². The van der Waals surface area contributed by atoms with E-state index in [0.29, 0.717) is 69.0 Å². The fourth-order valence-corrected chi connectivity index (χ4v) is 6.12. The van der Waals surface area contributed by atoms with Crippen molar-refractivity contribution in [1.82, 2.24) is 15.3 Å². The molecule has 1 saturated heterocycles. The summed E-state index contributed by atoms with van der Waals surface area (Å²) in [5.41, 5.74) is 1.28. The number of carboxylic acids is 1. The standard InChI is InChI=1S/C31H40ClN5O4/c1-21(18-41-31(9-10-31)29(38)39)36-23-7-5-22(6-8-23)15-24-16-25(26(32)17-34-24)27-3-2-4-28(37-27)35-20-30(19-33)11-13-40-14-12-30/h2-4,16-17,21-23,36H,5-15,18,20H2,1H3,(H,35,37)(H,38,39)/t21-,22?,23?/m1/s1. The average molecular weight is 582 g/mol. The number of aromatic nitrogens is 2. The van der Waals surface area contributed by atoms with E-state index in [-0.39, 0.29) is 6.04 Å². The van der Waals surface area contributed by atoms with Crippen LogP contribution < -0.4 is 10.6 Å². The van der Waals surface area contributed by atoms with E-state index in [9.17, 15) is 15.2 Å². The van der Waals surface area contributed by atoms with Gasteiger partial charge in [-0.1, -0.05) is 17.7 Å². The van der Waals surface area contributed by atoms with Crippen molar-refractivity contribution >= 4 is 23.4 Å². The molecule has 3 N–H and O–H groups in total. The molecule has 1 atom stereocenters. The van der Waals surface area contributed by atoms with Crippen LogP contribution in [0.25, 0.3) is 11.3 Å². The minimum absolute atomic E-state index is 0.119. The van der Waals surface area contributed by atoms with E-state index in [1.807, 2.05) is 18.2 Å². The van der Waals surface area contributed by atoms with Gasteiger partial charge in [0.2, 0.25) is 0 Å². The van der Waals surface area contributed by atoms with Crippen LogP contribution in [0, 0.1) is 22.7 Å². The zero-order valence-electron chi connectivity index (χ0n) is 23.7. The highest BCUT2D eigenvalue weighted by molar-refractivity contribution is 6.33. The molecule has 5 rings (SSSR count). The van der Waals surface area contributed by atoms with Crippen LogP contribution in [0.1, 0.15) is 64.0 Å². The Kier molecular flexibility index (Phi) is 9.45. The van der Waals surface area contributed by atoms with Gasteiger partial charge >= 0.3 is 5.97 Å². The SMILES string of the molecule is C[C@H](COC1(C(=O)O)CC1)NC1CCC(Cc2cc(-c3cccc(NCC4(C#N)CCOCC4)n3)c(Cl)cn2)CC1. The largest absolute Gasteiger partial charge is 0.479 e. The van der Waals surface area contributed by atoms with Gasteiger partial charge in [0.15, 0.2) is 5.60 Å². The predicted octanol–water partition coefficient (Wildman–Crippen LogP) is 5.24. The van der Waals surface area contributed by atoms with Gasteiger partial charge in [-0.25, -0.2) is 9.78 Å². The third-order valence-corrected chi connectivity index (χ3v) is 9.10. The normalized spacial score (nSPS) is 23.7. The molecule has 1 aliphatic heterocycles. The zero-order chi connectivity index (χ0) is 28.9. The highest BCUT2D eigenvalue weighted by Gasteiger charge is 2.52. The number of aliphatic carboxylic acids is 1. The molecular weight excluding hydrogens is 542 g/mol. The number of hydrogen-bond acceptors (Lipinski definition) is 8. The van der Waals surface area contributed by atoms with Gasteiger partial charge in [-0.2, -0.15) is 5.26 Å². The molecule has 0 radical (unpaired) electrons. The Balaban J connectivity index is 1.13. The van der Waals surface area contributed by atoms with Crippen LogP contribution >= 0.6 is 11.6 Å². The predicted molar refractivity (Wildman–Crippen MR) is 157 cm³/mol. The molecule has 0 bridgehead atoms. The summed E-state index contributed by atoms with van der Waals surface area (Å²) in [6.07, 6.45) is 9.62. The van der Waals surface area contributed by atoms with Gasteiger partial charge in [0.05, 0.1) is 28.8 Å². The Hall–Kier alpha value is -2.77. The molecule has 2 aliphatic carbocycles. The van der Waals surface area contributed by atoms with Gasteiger partial charge in [0.25, 0.3) is 0 Å². The Labute approximate surface area is 247 Å². The van der Waals surface area contributed by atoms with Gasteiger partial charge in [0.1, 0.15) is 5.82 Å². The summed E-state index contributed by atoms with van der Waals surface area (Å²) in [7, 11) is 0. The van der Waals surface area contributed by atoms with Crippen LogP contribution in [0.5, 0.6) is 0 Å². The maximum absolute atomic E-state index is 11.3. The molecule has 2 saturated carbocycles. The lowest BCUT2D eigenvalue weighted by molar-refractivity contribution is -0.154. The van der Waals surface area contributed by atoms with E-state index in [1.165, 1.54) is 0 Å². The lowest BCUT2D eigenvalue weighted by Crippen LogP contribution is -2.43. The van der Waals surface area contributed by atoms with Gasteiger partial charge in [0, 0.05) is 49.3 Å². The smallest absolute Gasteiger partial charge is 0.335 e. The van der Waals surface area contributed by atoms with Crippen LogP contribution in [-0.2, 0) is 20.7 Å². The number of ether oxygens (including phenoxy) is 2. The van der Waals surface area contributed by atoms with Crippen LogP contribution in [-0.4, -0.2) is 65.1 Å². The van der Waals surface area contributed by atoms with Crippen molar-refractivity contribution in [2.75, 3.05) is 31.7 Å². The molecule has 9 nitrogen and oxygen atoms in total. The summed E-state index contributed by atoms with van der Waals surface area (Å²) in [5, 5.41) is 26.6. The number of rotatable bonds is 12. The summed E-state index contributed by atoms with van der Waals surface area (Å²) in [5.74, 6) is 0.424. The first-order valence-corrected chi connectivity index (χ1v) is 15.2. The third kappa shape index (κ3) is 7.55. The fourth-order valence-electron chi connectivity index (χ4n) is 5.92. The maximum Gasteiger partial charge on any atom is 0.335 e. The lowest BCUT2D eigenvalue weighted by Gasteiger charge is -2.31. The number of carbonyl (C=O) groups is 1. The number of pyridine rings is 2. The second kappa shape index (κ2) is 13.0. The van der Waals surface area contributed by atoms with Crippen molar-refractivity contribution in [2.24, 2.45) is 11.3 Å². The molecule has 0 amide bonds. The first kappa shape index (κ1) is 29.7. The van der Waals surface area contributed by atoms with Gasteiger partial charge in [-0.3, -0.25) is 4.98 Å². The van der Waals surface area contributed by atoms with E-state index in [1.54, 1.807) is 6.20 Å². The Morgan fingerprint density at radius 2 is 2.00 bits per heavy atom. The van der Waals surface area contributed by atoms with Gasteiger partial charge in [-0.15, -0.1) is 0 Å². The number of nitrogens with zero attached hydrogens (tertiary/aromatic N) is 3. The lowest BCUT2D eigenvalue weighted by atomic mass is 9.82. The highest BCUT2D eigenvalue weighted by atomic mass is 35.5. The Bertz CT molecular complexity index is 1250. The van der Waals surface area contributed by atoms with Gasteiger partial charge in [-0.05, 0) is 88.8 Å². The van der Waals surface area contributed by atoms with Crippen LogP contribution in [0.15, 0.2) is 30.5 Å². The second-order valence-electron chi connectivity index (χ2n) is 12.0. The third-order valence-electron chi connectivity index (χ3n) is 8.80. The number of hydrogen-bond donors (Lipinski definition) is 3. The molecule has 220 valence electrons. The van der Waals surface area contributed by atoms with E-state index >= 15 is 0 Å². The molecule has 0 aromatic carbocycles. The summed E-state index contributed by atoms with van der Waals surface area (Å²) in [6, 6.07) is 10.9. The molecule has 3 fully saturated rings. The molecule has 41 heavy (non-hydrogen) atoms. The number of carboxylic acid groups (broad SMARTS) is 1. The van der Waals surface area contributed by atoms with Crippen molar-refractivity contribution < 1.29 is 19.4 Å². The van der Waals surface area contributed by atoms with E-state index in [2.05, 4.69) is 34.7 Å². The molecule has 3 aliphatic rings. The molecule has 3 heterocycles. The van der Waals surface area contributed by atoms with Crippen molar-refractivity contribution in [3.63, 3.8) is 0 Å². The van der Waals surface area contributed by atoms with E-state index in [4.69, 9.17) is 26.1 Å². The summed E-state index contributed by atoms with van der Waals surface area (Å²) >= 11 is 6.58. The number of halogens is 1. The zero-order valence-corrected chi connectivity index (χ0v) is 24.5. The fraction of sp³-hybridized carbons (Fsp3) is 0.613. The van der Waals surface area contributed by atoms with E-state index in [0.717, 1.165) is 54.9 Å². The Morgan fingerprint density at radius 1 is 1.24 bits per heavy atom. The quantitative estimate of drug-likeness (QED) is 0.308. The number of nitriles is 1. The molecule has 10 heteroatoms. The van der Waals surface area contributed by atoms with Gasteiger partial charge < -0.3 is 25.2 Å². The van der Waals surface area contributed by atoms with Crippen molar-refractivity contribution in [1.29, 1.82) is 5.26 Å². The van der Waals surface area contributed by atoms with Crippen LogP contribution in [0.4, 0.5) is 5.82 Å². The number of nitrogens with one attached hydrogen (secondary N) is 2. The summed E-state index contributed by atoms with van der Waals surface area (Å²) < 4.78 is 11.2. The second-order valence-corrected chi connectivity index (χ2v) is 12.4. The monoisotopic (exact) mass is 581 g/mol. The summed E-state index contributed by atoms with van der Waals surface area (Å²) in [6.45, 7) is 4.24. The van der Waals surface area contributed by atoms with Crippen molar-refractivity contribution in [3.8, 4) is 17.3 Å². The Morgan fingerprint density at radius 3 is 2.68 bits per heavy atom. The first-order chi connectivity index (χ1) is 19.8. The van der Waals surface area contributed by atoms with Crippen LogP contribution in [0.2, 0.25) is 5.02 Å². The maximum atomic E-state index is 11.3. The first-order valence-electron chi connectivity index (χ1n) is 14.8. The minimum Gasteiger partial charge on any atom is -0.479 e. The minimum atomic E-state index is -0.934. The molecular formula is C31H40ClN5O4. The van der Waals surface area contributed by atoms with Crippen molar-refractivity contribution in [2.45, 2.75) is 82.4 Å². The molecule has 0 spiro atoms. The molecule has 2 aromatic rings.